The Bertz CT molecular complexity index is 1600. The number of aryl methyl sites for hydroxylation is 1. The van der Waals surface area contributed by atoms with Crippen molar-refractivity contribution in [1.29, 1.82) is 5.26 Å². The van der Waals surface area contributed by atoms with Gasteiger partial charge in [0.1, 0.15) is 11.6 Å². The molecule has 0 radical (unpaired) electrons. The van der Waals surface area contributed by atoms with Crippen LogP contribution >= 0.6 is 34.7 Å². The van der Waals surface area contributed by atoms with Crippen LogP contribution in [0.5, 0.6) is 0 Å². The van der Waals surface area contributed by atoms with Crippen LogP contribution in [0.25, 0.3) is 0 Å². The summed E-state index contributed by atoms with van der Waals surface area (Å²) in [5, 5.41) is 22.5. The molecule has 3 N–H and O–H groups in total. The number of nitriles is 1. The first-order chi connectivity index (χ1) is 19.6. The highest BCUT2D eigenvalue weighted by Crippen LogP contribution is 2.50. The molecule has 5 rings (SSSR count). The third-order valence-electron chi connectivity index (χ3n) is 7.01. The topological polar surface area (TPSA) is 138 Å². The molecule has 1 unspecified atom stereocenters. The number of pyridine rings is 1. The van der Waals surface area contributed by atoms with Gasteiger partial charge in [0.2, 0.25) is 11.0 Å². The molecule has 1 atom stereocenters. The Morgan fingerprint density at radius 3 is 2.66 bits per heavy atom. The van der Waals surface area contributed by atoms with Crippen molar-refractivity contribution >= 4 is 57.3 Å². The van der Waals surface area contributed by atoms with E-state index in [0.29, 0.717) is 44.3 Å². The second kappa shape index (κ2) is 11.6. The maximum Gasteiger partial charge on any atom is 0.235 e. The predicted octanol–water partition coefficient (Wildman–Crippen LogP) is 5.82. The highest BCUT2D eigenvalue weighted by molar-refractivity contribution is 8.01. The van der Waals surface area contributed by atoms with Crippen molar-refractivity contribution in [3.63, 3.8) is 0 Å². The Kier molecular flexibility index (Phi) is 8.18. The van der Waals surface area contributed by atoms with Gasteiger partial charge < -0.3 is 11.1 Å². The SMILES string of the molecule is CCc1ccc(C2C(C#N)=C(N)N(c3nnc(SCC(=O)Nc4ccc(Cl)cn4)s3)C3=C2C(=O)CC(C)(C)C3)cc1. The van der Waals surface area contributed by atoms with E-state index in [0.717, 1.165) is 17.7 Å². The van der Waals surface area contributed by atoms with Gasteiger partial charge in [-0.25, -0.2) is 4.98 Å². The average molecular weight is 606 g/mol. The van der Waals surface area contributed by atoms with Crippen LogP contribution in [0.15, 0.2) is 69.6 Å². The van der Waals surface area contributed by atoms with Crippen molar-refractivity contribution in [3.8, 4) is 6.07 Å². The molecule has 0 bridgehead atoms. The maximum atomic E-state index is 13.7. The van der Waals surface area contributed by atoms with Crippen molar-refractivity contribution in [1.82, 2.24) is 15.2 Å². The van der Waals surface area contributed by atoms with E-state index in [1.807, 2.05) is 38.1 Å². The number of nitrogens with zero attached hydrogens (tertiary/aromatic N) is 5. The Balaban J connectivity index is 1.46. The van der Waals surface area contributed by atoms with Crippen LogP contribution in [0.4, 0.5) is 10.9 Å². The van der Waals surface area contributed by atoms with Crippen LogP contribution in [0.3, 0.4) is 0 Å². The fourth-order valence-electron chi connectivity index (χ4n) is 5.11. The van der Waals surface area contributed by atoms with Gasteiger partial charge in [-0.3, -0.25) is 14.5 Å². The van der Waals surface area contributed by atoms with E-state index >= 15 is 0 Å². The minimum Gasteiger partial charge on any atom is -0.384 e. The lowest BCUT2D eigenvalue weighted by atomic mass is 9.68. The van der Waals surface area contributed by atoms with Crippen LogP contribution in [0.2, 0.25) is 5.02 Å². The zero-order valence-electron chi connectivity index (χ0n) is 22.8. The number of Topliss-reactive ketones (excluding diaryl/α,β-unsaturated/α-hetero) is 1. The molecule has 1 aromatic carbocycles. The van der Waals surface area contributed by atoms with Gasteiger partial charge in [0.25, 0.3) is 0 Å². The number of anilines is 2. The van der Waals surface area contributed by atoms with Crippen LogP contribution in [0.1, 0.15) is 50.7 Å². The molecule has 1 amide bonds. The highest BCUT2D eigenvalue weighted by atomic mass is 35.5. The number of hydrogen-bond acceptors (Lipinski definition) is 10. The molecule has 0 saturated carbocycles. The van der Waals surface area contributed by atoms with E-state index in [2.05, 4.69) is 33.5 Å². The van der Waals surface area contributed by atoms with Crippen LogP contribution in [-0.2, 0) is 16.0 Å². The minimum atomic E-state index is -0.548. The fourth-order valence-corrected chi connectivity index (χ4v) is 6.91. The number of halogens is 1. The number of hydrogen-bond donors (Lipinski definition) is 2. The van der Waals surface area contributed by atoms with Crippen LogP contribution in [0, 0.1) is 16.7 Å². The quantitative estimate of drug-likeness (QED) is 0.319. The zero-order valence-corrected chi connectivity index (χ0v) is 25.2. The molecule has 0 saturated heterocycles. The number of nitrogens with two attached hydrogens (primary N) is 1. The predicted molar refractivity (Wildman–Crippen MR) is 161 cm³/mol. The summed E-state index contributed by atoms with van der Waals surface area (Å²) in [5.41, 5.74) is 10.1. The van der Waals surface area contributed by atoms with Gasteiger partial charge in [-0.2, -0.15) is 5.26 Å². The molecule has 210 valence electrons. The third-order valence-corrected chi connectivity index (χ3v) is 9.28. The Labute approximate surface area is 251 Å². The normalized spacial score (nSPS) is 18.3. The highest BCUT2D eigenvalue weighted by Gasteiger charge is 2.45. The van der Waals surface area contributed by atoms with Crippen molar-refractivity contribution < 1.29 is 9.59 Å². The van der Waals surface area contributed by atoms with Crippen molar-refractivity contribution in [3.05, 3.63) is 81.4 Å². The molecule has 9 nitrogen and oxygen atoms in total. The summed E-state index contributed by atoms with van der Waals surface area (Å²) in [7, 11) is 0. The molecule has 0 fully saturated rings. The number of rotatable bonds is 7. The van der Waals surface area contributed by atoms with Gasteiger partial charge in [-0.05, 0) is 41.5 Å². The van der Waals surface area contributed by atoms with Gasteiger partial charge in [0.15, 0.2) is 10.1 Å². The Hall–Kier alpha value is -3.72. The molecular formula is C29H28ClN7O2S2. The number of allylic oxidation sites excluding steroid dienone is 3. The molecule has 3 aromatic rings. The summed E-state index contributed by atoms with van der Waals surface area (Å²) in [6.45, 7) is 6.18. The van der Waals surface area contributed by atoms with Gasteiger partial charge in [-0.15, -0.1) is 10.2 Å². The monoisotopic (exact) mass is 605 g/mol. The number of benzene rings is 1. The molecule has 41 heavy (non-hydrogen) atoms. The van der Waals surface area contributed by atoms with Crippen LogP contribution in [-0.4, -0.2) is 32.6 Å². The third kappa shape index (κ3) is 6.00. The van der Waals surface area contributed by atoms with E-state index in [9.17, 15) is 14.9 Å². The van der Waals surface area contributed by atoms with Gasteiger partial charge in [0, 0.05) is 23.9 Å². The fraction of sp³-hybridized carbons (Fsp3) is 0.310. The van der Waals surface area contributed by atoms with E-state index in [1.165, 1.54) is 34.9 Å². The molecule has 2 aliphatic rings. The first kappa shape index (κ1) is 28.8. The number of carbonyl (C=O) groups is 2. The summed E-state index contributed by atoms with van der Waals surface area (Å²) >= 11 is 8.32. The van der Waals surface area contributed by atoms with E-state index in [4.69, 9.17) is 17.3 Å². The molecule has 0 spiro atoms. The molecule has 12 heteroatoms. The number of thioether (sulfide) groups is 1. The smallest absolute Gasteiger partial charge is 0.235 e. The lowest BCUT2D eigenvalue weighted by Crippen LogP contribution is -2.42. The summed E-state index contributed by atoms with van der Waals surface area (Å²) in [4.78, 5) is 31.9. The largest absolute Gasteiger partial charge is 0.384 e. The van der Waals surface area contributed by atoms with E-state index in [1.54, 1.807) is 17.0 Å². The lowest BCUT2D eigenvalue weighted by molar-refractivity contribution is -0.118. The number of ketones is 1. The van der Waals surface area contributed by atoms with Crippen LogP contribution < -0.4 is 16.0 Å². The number of nitrogens with one attached hydrogen (secondary N) is 1. The summed E-state index contributed by atoms with van der Waals surface area (Å²) in [6.07, 6.45) is 3.30. The van der Waals surface area contributed by atoms with Crippen molar-refractivity contribution in [2.45, 2.75) is 50.3 Å². The Morgan fingerprint density at radius 2 is 2.00 bits per heavy atom. The molecule has 1 aliphatic carbocycles. The second-order valence-electron chi connectivity index (χ2n) is 10.6. The summed E-state index contributed by atoms with van der Waals surface area (Å²) in [5.74, 6) is -0.0856. The molecule has 2 aromatic heterocycles. The summed E-state index contributed by atoms with van der Waals surface area (Å²) in [6, 6.07) is 13.6. The van der Waals surface area contributed by atoms with E-state index in [-0.39, 0.29) is 28.7 Å². The molecule has 1 aliphatic heterocycles. The second-order valence-corrected chi connectivity index (χ2v) is 13.2. The number of amides is 1. The average Bonchev–Trinajstić information content (AvgIpc) is 3.40. The first-order valence-electron chi connectivity index (χ1n) is 13.0. The first-order valence-corrected chi connectivity index (χ1v) is 15.2. The zero-order chi connectivity index (χ0) is 29.3. The molecule has 3 heterocycles. The van der Waals surface area contributed by atoms with Crippen molar-refractivity contribution in [2.75, 3.05) is 16.0 Å². The minimum absolute atomic E-state index is 0.00216. The Morgan fingerprint density at radius 1 is 1.24 bits per heavy atom. The maximum absolute atomic E-state index is 13.7. The van der Waals surface area contributed by atoms with Gasteiger partial charge >= 0.3 is 0 Å². The standard InChI is InChI=1S/C29H28ClN7O2S2/c1-4-16-5-7-17(8-6-16)24-19(13-31)26(32)37(20-11-29(2,3)12-21(38)25(20)24)27-35-36-28(41-27)40-15-23(39)34-22-10-9-18(30)14-33-22/h5-10,14,24H,4,11-12,15,32H2,1-3H3,(H,33,34,39). The van der Waals surface area contributed by atoms with Gasteiger partial charge in [-0.1, -0.05) is 79.7 Å². The summed E-state index contributed by atoms with van der Waals surface area (Å²) < 4.78 is 0.548. The molecular weight excluding hydrogens is 578 g/mol. The lowest BCUT2D eigenvalue weighted by Gasteiger charge is -2.42. The number of carbonyl (C=O) groups excluding carboxylic acids is 2. The number of aromatic nitrogens is 3. The van der Waals surface area contributed by atoms with E-state index < -0.39 is 5.92 Å². The van der Waals surface area contributed by atoms with Crippen molar-refractivity contribution in [2.24, 2.45) is 11.1 Å². The van der Waals surface area contributed by atoms with Gasteiger partial charge in [0.05, 0.1) is 28.3 Å².